The third-order valence-electron chi connectivity index (χ3n) is 5.81. The molecule has 0 aliphatic carbocycles. The molecule has 0 atom stereocenters. The van der Waals surface area contributed by atoms with Crippen molar-refractivity contribution in [1.82, 2.24) is 29.1 Å². The van der Waals surface area contributed by atoms with Gasteiger partial charge in [0.15, 0.2) is 5.65 Å². The first kappa shape index (κ1) is 18.9. The molecule has 0 amide bonds. The summed E-state index contributed by atoms with van der Waals surface area (Å²) in [5, 5.41) is 10.0. The van der Waals surface area contributed by atoms with Gasteiger partial charge in [-0.05, 0) is 37.1 Å². The van der Waals surface area contributed by atoms with Crippen LogP contribution in [-0.2, 0) is 4.74 Å². The molecular weight excluding hydrogens is 411 g/mol. The predicted molar refractivity (Wildman–Crippen MR) is 116 cm³/mol. The fourth-order valence-corrected chi connectivity index (χ4v) is 4.28. The second-order valence-corrected chi connectivity index (χ2v) is 7.83. The van der Waals surface area contributed by atoms with Crippen LogP contribution in [0.2, 0.25) is 0 Å². The summed E-state index contributed by atoms with van der Waals surface area (Å²) in [6, 6.07) is 11.6. The van der Waals surface area contributed by atoms with Crippen LogP contribution in [0.3, 0.4) is 0 Å². The molecular formula is C23H19FN6O2. The van der Waals surface area contributed by atoms with Gasteiger partial charge in [0.1, 0.15) is 29.2 Å². The van der Waals surface area contributed by atoms with Crippen molar-refractivity contribution in [3.63, 3.8) is 0 Å². The molecule has 1 aliphatic heterocycles. The van der Waals surface area contributed by atoms with E-state index in [0.717, 1.165) is 24.2 Å². The van der Waals surface area contributed by atoms with Gasteiger partial charge >= 0.3 is 0 Å². The molecule has 8 nitrogen and oxygen atoms in total. The van der Waals surface area contributed by atoms with Gasteiger partial charge in [0.05, 0.1) is 17.2 Å². The van der Waals surface area contributed by atoms with Gasteiger partial charge in [-0.25, -0.2) is 19.3 Å². The van der Waals surface area contributed by atoms with Crippen LogP contribution < -0.4 is 0 Å². The number of phenolic OH excluding ortho intramolecular Hbond substituents is 1. The maximum atomic E-state index is 13.9. The standard InChI is InChI=1S/C23H19FN6O2/c24-15-4-5-18-20(11-15)29(13-26-18)23-25-12-19-22(28-23)30(16-6-8-32-9-7-16)21(27-19)14-2-1-3-17(31)10-14/h1-5,10-13,16,31H,6-9H2. The normalized spacial score (nSPS) is 15.0. The highest BCUT2D eigenvalue weighted by atomic mass is 19.1. The van der Waals surface area contributed by atoms with Crippen molar-refractivity contribution in [2.75, 3.05) is 13.2 Å². The van der Waals surface area contributed by atoms with Crippen molar-refractivity contribution < 1.29 is 14.2 Å². The Morgan fingerprint density at radius 3 is 2.72 bits per heavy atom. The minimum absolute atomic E-state index is 0.144. The van der Waals surface area contributed by atoms with Crippen LogP contribution >= 0.6 is 0 Å². The van der Waals surface area contributed by atoms with Crippen molar-refractivity contribution in [2.45, 2.75) is 18.9 Å². The Kier molecular flexibility index (Phi) is 4.36. The van der Waals surface area contributed by atoms with E-state index >= 15 is 0 Å². The first-order valence-electron chi connectivity index (χ1n) is 10.4. The Bertz CT molecular complexity index is 1450. The zero-order valence-corrected chi connectivity index (χ0v) is 17.0. The molecule has 0 unspecified atom stereocenters. The molecule has 1 N–H and O–H groups in total. The number of ether oxygens (including phenoxy) is 1. The van der Waals surface area contributed by atoms with Gasteiger partial charge in [-0.3, -0.25) is 4.57 Å². The SMILES string of the molecule is Oc1cccc(-c2nc3cnc(-n4cnc5ccc(F)cc54)nc3n2C2CCOCC2)c1. The highest BCUT2D eigenvalue weighted by Crippen LogP contribution is 2.33. The number of rotatable bonds is 3. The molecule has 1 saturated heterocycles. The molecule has 6 rings (SSSR count). The number of benzene rings is 2. The Hall–Kier alpha value is -3.85. The lowest BCUT2D eigenvalue weighted by Crippen LogP contribution is -2.20. The van der Waals surface area contributed by atoms with E-state index in [4.69, 9.17) is 14.7 Å². The summed E-state index contributed by atoms with van der Waals surface area (Å²) in [5.41, 5.74) is 3.38. The average molecular weight is 430 g/mol. The van der Waals surface area contributed by atoms with E-state index in [1.807, 2.05) is 6.07 Å². The van der Waals surface area contributed by atoms with Crippen molar-refractivity contribution in [3.05, 3.63) is 60.8 Å². The molecule has 2 aromatic carbocycles. The van der Waals surface area contributed by atoms with E-state index in [0.29, 0.717) is 41.4 Å². The molecule has 0 saturated carbocycles. The molecule has 32 heavy (non-hydrogen) atoms. The number of fused-ring (bicyclic) bond motifs is 2. The predicted octanol–water partition coefficient (Wildman–Crippen LogP) is 4.03. The third kappa shape index (κ3) is 3.09. The van der Waals surface area contributed by atoms with Crippen molar-refractivity contribution in [2.24, 2.45) is 0 Å². The summed E-state index contributed by atoms with van der Waals surface area (Å²) in [6.07, 6.45) is 4.92. The van der Waals surface area contributed by atoms with Crippen LogP contribution in [0.1, 0.15) is 18.9 Å². The van der Waals surface area contributed by atoms with E-state index in [-0.39, 0.29) is 17.6 Å². The maximum Gasteiger partial charge on any atom is 0.237 e. The lowest BCUT2D eigenvalue weighted by molar-refractivity contribution is 0.0708. The van der Waals surface area contributed by atoms with Crippen LogP contribution in [0.5, 0.6) is 5.75 Å². The van der Waals surface area contributed by atoms with Crippen LogP contribution in [0, 0.1) is 5.82 Å². The minimum Gasteiger partial charge on any atom is -0.508 e. The van der Waals surface area contributed by atoms with Crippen molar-refractivity contribution in [1.29, 1.82) is 0 Å². The average Bonchev–Trinajstić information content (AvgIpc) is 3.40. The molecule has 5 aromatic rings. The number of aromatic nitrogens is 6. The zero-order valence-electron chi connectivity index (χ0n) is 17.0. The summed E-state index contributed by atoms with van der Waals surface area (Å²) < 4.78 is 23.2. The summed E-state index contributed by atoms with van der Waals surface area (Å²) >= 11 is 0. The monoisotopic (exact) mass is 430 g/mol. The molecule has 0 bridgehead atoms. The molecule has 0 spiro atoms. The highest BCUT2D eigenvalue weighted by molar-refractivity contribution is 5.79. The van der Waals surface area contributed by atoms with Crippen LogP contribution in [-0.4, -0.2) is 47.4 Å². The second-order valence-electron chi connectivity index (χ2n) is 7.83. The van der Waals surface area contributed by atoms with Crippen molar-refractivity contribution >= 4 is 22.2 Å². The molecule has 1 fully saturated rings. The quantitative estimate of drug-likeness (QED) is 0.465. The number of imidazole rings is 2. The zero-order chi connectivity index (χ0) is 21.7. The molecule has 9 heteroatoms. The van der Waals surface area contributed by atoms with Gasteiger partial charge in [0.25, 0.3) is 0 Å². The minimum atomic E-state index is -0.348. The lowest BCUT2D eigenvalue weighted by atomic mass is 10.1. The number of phenols is 1. The van der Waals surface area contributed by atoms with E-state index < -0.39 is 0 Å². The van der Waals surface area contributed by atoms with E-state index in [1.54, 1.807) is 41.4 Å². The number of halogens is 1. The van der Waals surface area contributed by atoms with E-state index in [2.05, 4.69) is 14.5 Å². The number of nitrogens with zero attached hydrogens (tertiary/aromatic N) is 6. The third-order valence-corrected chi connectivity index (χ3v) is 5.81. The second kappa shape index (κ2) is 7.38. The van der Waals surface area contributed by atoms with Gasteiger partial charge in [-0.2, -0.15) is 4.98 Å². The van der Waals surface area contributed by atoms with Crippen molar-refractivity contribution in [3.8, 4) is 23.1 Å². The van der Waals surface area contributed by atoms with Gasteiger partial charge in [0, 0.05) is 30.9 Å². The fraction of sp³-hybridized carbons (Fsp3) is 0.217. The number of hydrogen-bond acceptors (Lipinski definition) is 6. The topological polar surface area (TPSA) is 90.9 Å². The van der Waals surface area contributed by atoms with Gasteiger partial charge < -0.3 is 14.4 Å². The van der Waals surface area contributed by atoms with E-state index in [1.165, 1.54) is 12.1 Å². The molecule has 160 valence electrons. The Labute approximate surface area is 182 Å². The molecule has 4 heterocycles. The largest absolute Gasteiger partial charge is 0.508 e. The highest BCUT2D eigenvalue weighted by Gasteiger charge is 2.24. The Morgan fingerprint density at radius 1 is 1.00 bits per heavy atom. The fourth-order valence-electron chi connectivity index (χ4n) is 4.28. The molecule has 3 aromatic heterocycles. The Morgan fingerprint density at radius 2 is 1.88 bits per heavy atom. The van der Waals surface area contributed by atoms with Gasteiger partial charge in [0.2, 0.25) is 5.95 Å². The van der Waals surface area contributed by atoms with Crippen LogP contribution in [0.25, 0.3) is 39.5 Å². The summed E-state index contributed by atoms with van der Waals surface area (Å²) in [5.74, 6) is 0.933. The first-order valence-corrected chi connectivity index (χ1v) is 10.4. The van der Waals surface area contributed by atoms with E-state index in [9.17, 15) is 9.50 Å². The molecule has 0 radical (unpaired) electrons. The van der Waals surface area contributed by atoms with Crippen LogP contribution in [0.4, 0.5) is 4.39 Å². The van der Waals surface area contributed by atoms with Gasteiger partial charge in [-0.1, -0.05) is 12.1 Å². The Balaban J connectivity index is 1.57. The smallest absolute Gasteiger partial charge is 0.237 e. The van der Waals surface area contributed by atoms with Gasteiger partial charge in [-0.15, -0.1) is 0 Å². The first-order chi connectivity index (χ1) is 15.7. The summed E-state index contributed by atoms with van der Waals surface area (Å²) in [7, 11) is 0. The number of aromatic hydroxyl groups is 1. The number of hydrogen-bond donors (Lipinski definition) is 1. The summed E-state index contributed by atoms with van der Waals surface area (Å²) in [4.78, 5) is 18.4. The lowest BCUT2D eigenvalue weighted by Gasteiger charge is -2.25. The van der Waals surface area contributed by atoms with Crippen LogP contribution in [0.15, 0.2) is 55.0 Å². The molecule has 1 aliphatic rings. The summed E-state index contributed by atoms with van der Waals surface area (Å²) in [6.45, 7) is 1.32. The maximum absolute atomic E-state index is 13.9.